The molecule has 0 aliphatic rings. The van der Waals surface area contributed by atoms with E-state index >= 15 is 0 Å². The Morgan fingerprint density at radius 1 is 0.338 bits per heavy atom. The molecule has 0 saturated heterocycles. The summed E-state index contributed by atoms with van der Waals surface area (Å²) in [7, 11) is -7.17. The molecule has 0 unspecified atom stereocenters. The average Bonchev–Trinajstić information content (AvgIpc) is 3.43. The Morgan fingerprint density at radius 2 is 0.704 bits per heavy atom. The fourth-order valence-electron chi connectivity index (χ4n) is 8.19. The predicted octanol–water partition coefficient (Wildman–Crippen LogP) is 14.7. The van der Waals surface area contributed by atoms with Crippen molar-refractivity contribution in [2.45, 2.75) is 0 Å². The minimum Gasteiger partial charge on any atom is -0.490 e. The van der Waals surface area contributed by atoms with Crippen LogP contribution in [0.15, 0.2) is 267 Å². The highest BCUT2D eigenvalue weighted by Gasteiger charge is 2.46. The largest absolute Gasteiger partial charge is 0.864 e. The molecule has 0 radical (unpaired) electrons. The molecular weight excluding hydrogens is 997 g/mol. The fraction of sp³-hybridized carbons (Fsp3) is 0. The van der Waals surface area contributed by atoms with Crippen LogP contribution >= 0.6 is 60.5 Å². The van der Waals surface area contributed by atoms with Crippen LogP contribution in [0.5, 0.6) is 17.2 Å². The number of benzene rings is 10. The molecule has 71 heavy (non-hydrogen) atoms. The molecule has 0 N–H and O–H groups in total. The molecule has 0 aliphatic carbocycles. The first-order valence-electron chi connectivity index (χ1n) is 22.6. The van der Waals surface area contributed by atoms with Crippen molar-refractivity contribution in [3.8, 4) is 28.4 Å². The molecule has 0 heterocycles. The number of halogens is 4. The average molecular weight is 1040 g/mol. The van der Waals surface area contributed by atoms with Crippen molar-refractivity contribution in [1.82, 2.24) is 4.17 Å². The third-order valence-corrected chi connectivity index (χ3v) is 20.8. The van der Waals surface area contributed by atoms with Crippen molar-refractivity contribution >= 4 is 99.7 Å². The minimum absolute atomic E-state index is 0.485. The lowest BCUT2D eigenvalue weighted by Crippen LogP contribution is -2.37. The highest BCUT2D eigenvalue weighted by atomic mass is 35.5. The van der Waals surface area contributed by atoms with E-state index in [0.717, 1.165) is 48.0 Å². The minimum atomic E-state index is -3.07. The van der Waals surface area contributed by atoms with Crippen LogP contribution in [0.2, 0.25) is 20.1 Å². The van der Waals surface area contributed by atoms with E-state index in [0.29, 0.717) is 32.3 Å². The summed E-state index contributed by atoms with van der Waals surface area (Å²) in [5, 5.41) is 9.11. The molecule has 348 valence electrons. The summed E-state index contributed by atoms with van der Waals surface area (Å²) in [5.41, 5.74) is 1.64. The van der Waals surface area contributed by atoms with Crippen molar-refractivity contribution in [2.24, 2.45) is 0 Å². The number of rotatable bonds is 13. The molecule has 0 fully saturated rings. The van der Waals surface area contributed by atoms with Gasteiger partial charge in [-0.1, -0.05) is 149 Å². The van der Waals surface area contributed by atoms with Crippen LogP contribution in [-0.4, -0.2) is 7.32 Å². The Balaban J connectivity index is 0.000000821. The molecule has 10 aromatic carbocycles. The molecule has 4 nitrogen and oxygen atoms in total. The van der Waals surface area contributed by atoms with Gasteiger partial charge in [0.2, 0.25) is 0 Å². The standard InChI is InChI=1S/C54H40BCl3NO3P2.C6H4Cl/c56-41-30-35-44(36-31-41)60-55(61-45-37-32-42(57)33-38-45)62-53-39-34-43(58)40-52(53)51-28-16-17-29-54(51)64(49-24-12-4-13-25-49,50-26-14-5-15-27-50)59-63(46-18-6-1-7-19-46,47-20-8-2-9-21-47)48-22-10-3-11-23-48;7-6-4-2-1-3-5-6/h1-40H;2-5H/q+1;-1. The molecule has 0 atom stereocenters. The maximum absolute atomic E-state index is 6.99. The van der Waals surface area contributed by atoms with E-state index in [1.165, 1.54) is 0 Å². The predicted molar refractivity (Wildman–Crippen MR) is 304 cm³/mol. The van der Waals surface area contributed by atoms with Crippen molar-refractivity contribution in [1.29, 1.82) is 0 Å². The topological polar surface area (TPSA) is 41.8 Å². The van der Waals surface area contributed by atoms with E-state index in [1.54, 1.807) is 72.8 Å². The second kappa shape index (κ2) is 23.5. The van der Waals surface area contributed by atoms with Crippen molar-refractivity contribution in [3.05, 3.63) is 293 Å². The molecular formula is C60H44BCl4NO3P2. The maximum Gasteiger partial charge on any atom is 0.864 e. The Labute approximate surface area is 436 Å². The molecule has 0 aromatic heterocycles. The third-order valence-electron chi connectivity index (χ3n) is 11.4. The smallest absolute Gasteiger partial charge is 0.490 e. The van der Waals surface area contributed by atoms with Crippen molar-refractivity contribution in [2.75, 3.05) is 0 Å². The van der Waals surface area contributed by atoms with Crippen LogP contribution in [0.1, 0.15) is 0 Å². The van der Waals surface area contributed by atoms with Gasteiger partial charge in [-0.3, -0.25) is 0 Å². The zero-order valence-corrected chi connectivity index (χ0v) is 42.9. The lowest BCUT2D eigenvalue weighted by Gasteiger charge is -2.23. The highest BCUT2D eigenvalue weighted by Crippen LogP contribution is 2.52. The van der Waals surface area contributed by atoms with Crippen LogP contribution in [-0.2, 0) is 0 Å². The Bertz CT molecular complexity index is 3240. The number of hydrogen-bond donors (Lipinski definition) is 0. The normalized spacial score (nSPS) is 11.0. The summed E-state index contributed by atoms with van der Waals surface area (Å²) in [5.74, 6) is 1.48. The fourth-order valence-corrected chi connectivity index (χ4v) is 18.4. The summed E-state index contributed by atoms with van der Waals surface area (Å²) >= 11 is 25.0. The Morgan fingerprint density at radius 3 is 1.11 bits per heavy atom. The van der Waals surface area contributed by atoms with Crippen molar-refractivity contribution in [3.63, 3.8) is 0 Å². The summed E-state index contributed by atoms with van der Waals surface area (Å²) in [6.07, 6.45) is 0. The van der Waals surface area contributed by atoms with E-state index in [4.69, 9.17) is 64.5 Å². The van der Waals surface area contributed by atoms with Gasteiger partial charge in [-0.2, -0.15) is 30.3 Å². The van der Waals surface area contributed by atoms with E-state index in [1.807, 2.05) is 24.3 Å². The monoisotopic (exact) mass is 1040 g/mol. The van der Waals surface area contributed by atoms with E-state index in [9.17, 15) is 0 Å². The first kappa shape index (κ1) is 49.4. The molecule has 0 bridgehead atoms. The van der Waals surface area contributed by atoms with Crippen LogP contribution in [0.25, 0.3) is 11.1 Å². The van der Waals surface area contributed by atoms with Gasteiger partial charge in [0.1, 0.15) is 17.2 Å². The number of nitrogens with zero attached hydrogens (tertiary/aromatic N) is 1. The van der Waals surface area contributed by atoms with Crippen LogP contribution in [0, 0.1) is 6.07 Å². The third kappa shape index (κ3) is 11.6. The highest BCUT2D eigenvalue weighted by molar-refractivity contribution is 7.94. The van der Waals surface area contributed by atoms with Gasteiger partial charge in [0, 0.05) is 26.2 Å². The Hall–Kier alpha value is -6.61. The molecule has 0 amide bonds. The number of hydrogen-bond acceptors (Lipinski definition) is 3. The molecule has 0 aliphatic heterocycles. The Kier molecular flexibility index (Phi) is 16.4. The molecule has 0 saturated carbocycles. The van der Waals surface area contributed by atoms with Crippen LogP contribution in [0.3, 0.4) is 0 Å². The quantitative estimate of drug-likeness (QED) is 0.0500. The van der Waals surface area contributed by atoms with Gasteiger partial charge in [-0.25, -0.2) is 0 Å². The molecule has 0 spiro atoms. The van der Waals surface area contributed by atoms with E-state index < -0.39 is 21.4 Å². The molecule has 10 aromatic rings. The first-order chi connectivity index (χ1) is 34.8. The second-order valence-corrected chi connectivity index (χ2v) is 24.0. The molecule has 10 rings (SSSR count). The van der Waals surface area contributed by atoms with Gasteiger partial charge < -0.3 is 14.0 Å². The molecule has 11 heteroatoms. The van der Waals surface area contributed by atoms with Gasteiger partial charge >= 0.3 is 21.4 Å². The van der Waals surface area contributed by atoms with E-state index in [2.05, 4.69) is 176 Å². The van der Waals surface area contributed by atoms with Gasteiger partial charge in [-0.05, 0) is 133 Å². The van der Waals surface area contributed by atoms with Crippen LogP contribution < -0.4 is 50.0 Å². The van der Waals surface area contributed by atoms with Gasteiger partial charge in [-0.15, -0.1) is 15.8 Å². The maximum atomic E-state index is 6.99. The van der Waals surface area contributed by atoms with Gasteiger partial charge in [0.05, 0.1) is 31.8 Å². The van der Waals surface area contributed by atoms with Gasteiger partial charge in [0.25, 0.3) is 0 Å². The summed E-state index contributed by atoms with van der Waals surface area (Å²) in [6, 6.07) is 92.0. The van der Waals surface area contributed by atoms with Crippen molar-refractivity contribution < 1.29 is 14.0 Å². The second-order valence-electron chi connectivity index (χ2n) is 16.0. The summed E-state index contributed by atoms with van der Waals surface area (Å²) in [6.45, 7) is 0. The van der Waals surface area contributed by atoms with Gasteiger partial charge in [0.15, 0.2) is 0 Å². The SMILES string of the molecule is Clc1cc[c-]cc1.Clc1ccc(OB(Oc2ccc(Cl)cc2)Oc2ccc(Cl)cc2-c2ccccc2P(=[N+]=P(c2ccccc2)(c2ccccc2)c2ccccc2)(c2ccccc2)c2ccccc2)cc1. The van der Waals surface area contributed by atoms with E-state index in [-0.39, 0.29) is 0 Å². The summed E-state index contributed by atoms with van der Waals surface area (Å²) < 4.78 is 26.3. The lowest BCUT2D eigenvalue weighted by molar-refractivity contribution is 0.308. The lowest BCUT2D eigenvalue weighted by atomic mass is 10.0. The first-order valence-corrected chi connectivity index (χ1v) is 27.6. The zero-order valence-electron chi connectivity index (χ0n) is 38.1. The summed E-state index contributed by atoms with van der Waals surface area (Å²) in [4.78, 5) is 0. The zero-order chi connectivity index (χ0) is 48.9. The van der Waals surface area contributed by atoms with Crippen LogP contribution in [0.4, 0.5) is 0 Å².